The van der Waals surface area contributed by atoms with Crippen molar-refractivity contribution >= 4 is 17.6 Å². The second-order valence-corrected chi connectivity index (χ2v) is 7.28. The summed E-state index contributed by atoms with van der Waals surface area (Å²) in [5.41, 5.74) is 1.39. The molecule has 0 radical (unpaired) electrons. The van der Waals surface area contributed by atoms with Crippen LogP contribution < -0.4 is 5.43 Å². The van der Waals surface area contributed by atoms with E-state index in [1.54, 1.807) is 13.2 Å². The van der Waals surface area contributed by atoms with Crippen LogP contribution in [-0.2, 0) is 9.47 Å². The third-order valence-electron chi connectivity index (χ3n) is 4.82. The van der Waals surface area contributed by atoms with E-state index in [4.69, 9.17) is 21.1 Å². The Hall–Kier alpha value is -2.15. The van der Waals surface area contributed by atoms with Gasteiger partial charge < -0.3 is 19.1 Å². The smallest absolute Gasteiger partial charge is 0.341 e. The standard InChI is InChI=1S/C20H22ClNO5/c1-11(2)18-19(27-8-7-26-3)12-5-4-6-14(21)17(12)15-9-16(23)13(20(24)25)10-22(15)18/h4-6,9-11,18-19H,7-8H2,1-3H3,(H,24,25). The molecular formula is C20H22ClNO5. The average Bonchev–Trinajstić information content (AvgIpc) is 2.61. The molecule has 2 unspecified atom stereocenters. The summed E-state index contributed by atoms with van der Waals surface area (Å²) in [7, 11) is 1.61. The van der Waals surface area contributed by atoms with Crippen LogP contribution in [0.3, 0.4) is 0 Å². The number of methoxy groups -OCH3 is 1. The summed E-state index contributed by atoms with van der Waals surface area (Å²) in [6, 6.07) is 6.70. The number of benzene rings is 1. The molecule has 0 saturated carbocycles. The first-order valence-electron chi connectivity index (χ1n) is 8.75. The molecule has 0 spiro atoms. The fourth-order valence-electron chi connectivity index (χ4n) is 3.65. The van der Waals surface area contributed by atoms with Gasteiger partial charge in [0, 0.05) is 24.9 Å². The summed E-state index contributed by atoms with van der Waals surface area (Å²) >= 11 is 6.47. The van der Waals surface area contributed by atoms with Crippen molar-refractivity contribution in [1.29, 1.82) is 0 Å². The molecular weight excluding hydrogens is 370 g/mol. The first-order valence-corrected chi connectivity index (χ1v) is 9.13. The highest BCUT2D eigenvalue weighted by Gasteiger charge is 2.37. The molecule has 0 saturated heterocycles. The maximum Gasteiger partial charge on any atom is 0.341 e. The van der Waals surface area contributed by atoms with Crippen molar-refractivity contribution in [3.8, 4) is 11.3 Å². The van der Waals surface area contributed by atoms with E-state index in [0.717, 1.165) is 5.56 Å². The number of hydrogen-bond donors (Lipinski definition) is 1. The normalized spacial score (nSPS) is 18.3. The molecule has 0 bridgehead atoms. The number of rotatable bonds is 6. The molecule has 7 heteroatoms. The number of aromatic carboxylic acids is 1. The van der Waals surface area contributed by atoms with Gasteiger partial charge in [-0.25, -0.2) is 4.79 Å². The van der Waals surface area contributed by atoms with Crippen LogP contribution in [0.25, 0.3) is 11.3 Å². The maximum atomic E-state index is 12.3. The Labute approximate surface area is 162 Å². The zero-order valence-electron chi connectivity index (χ0n) is 15.4. The predicted octanol–water partition coefficient (Wildman–Crippen LogP) is 3.78. The molecule has 2 heterocycles. The molecule has 3 rings (SSSR count). The van der Waals surface area contributed by atoms with Crippen molar-refractivity contribution in [2.45, 2.75) is 26.0 Å². The Kier molecular flexibility index (Phi) is 5.69. The molecule has 0 fully saturated rings. The molecule has 0 aliphatic carbocycles. The van der Waals surface area contributed by atoms with E-state index in [2.05, 4.69) is 0 Å². The minimum Gasteiger partial charge on any atom is -0.477 e. The van der Waals surface area contributed by atoms with E-state index in [0.29, 0.717) is 29.5 Å². The third kappa shape index (κ3) is 3.52. The van der Waals surface area contributed by atoms with E-state index < -0.39 is 11.4 Å². The second-order valence-electron chi connectivity index (χ2n) is 6.87. The van der Waals surface area contributed by atoms with Crippen LogP contribution in [0.4, 0.5) is 0 Å². The fourth-order valence-corrected chi connectivity index (χ4v) is 3.93. The Morgan fingerprint density at radius 1 is 1.33 bits per heavy atom. The number of carboxylic acids is 1. The fraction of sp³-hybridized carbons (Fsp3) is 0.400. The van der Waals surface area contributed by atoms with Crippen molar-refractivity contribution in [2.75, 3.05) is 20.3 Å². The summed E-state index contributed by atoms with van der Waals surface area (Å²) in [6.45, 7) is 4.90. The van der Waals surface area contributed by atoms with E-state index in [-0.39, 0.29) is 23.6 Å². The highest BCUT2D eigenvalue weighted by Crippen LogP contribution is 2.48. The third-order valence-corrected chi connectivity index (χ3v) is 5.13. The highest BCUT2D eigenvalue weighted by atomic mass is 35.5. The van der Waals surface area contributed by atoms with Crippen LogP contribution in [-0.4, -0.2) is 36.0 Å². The van der Waals surface area contributed by atoms with Crippen LogP contribution >= 0.6 is 11.6 Å². The van der Waals surface area contributed by atoms with Gasteiger partial charge in [-0.05, 0) is 17.5 Å². The average molecular weight is 392 g/mol. The summed E-state index contributed by atoms with van der Waals surface area (Å²) in [4.78, 5) is 23.8. The van der Waals surface area contributed by atoms with Crippen LogP contribution in [0.2, 0.25) is 5.02 Å². The molecule has 144 valence electrons. The minimum absolute atomic E-state index is 0.118. The number of hydrogen-bond acceptors (Lipinski definition) is 4. The quantitative estimate of drug-likeness (QED) is 0.758. The van der Waals surface area contributed by atoms with Gasteiger partial charge in [-0.2, -0.15) is 0 Å². The summed E-state index contributed by atoms with van der Waals surface area (Å²) in [6.07, 6.45) is 1.06. The zero-order valence-corrected chi connectivity index (χ0v) is 16.2. The molecule has 0 amide bonds. The number of pyridine rings is 1. The summed E-state index contributed by atoms with van der Waals surface area (Å²) < 4.78 is 13.1. The number of carboxylic acid groups (broad SMARTS) is 1. The molecule has 2 aromatic rings. The van der Waals surface area contributed by atoms with Crippen molar-refractivity contribution in [1.82, 2.24) is 4.57 Å². The molecule has 1 aromatic carbocycles. The SMILES string of the molecule is COCCOC1c2cccc(Cl)c2-c2cc(=O)c(C(=O)O)cn2C1C(C)C. The summed E-state index contributed by atoms with van der Waals surface area (Å²) in [5.74, 6) is -1.13. The lowest BCUT2D eigenvalue weighted by Gasteiger charge is -2.39. The van der Waals surface area contributed by atoms with Gasteiger partial charge in [-0.15, -0.1) is 0 Å². The van der Waals surface area contributed by atoms with Gasteiger partial charge in [0.25, 0.3) is 0 Å². The molecule has 2 atom stereocenters. The van der Waals surface area contributed by atoms with Crippen LogP contribution in [0.1, 0.15) is 41.9 Å². The monoisotopic (exact) mass is 391 g/mol. The first-order chi connectivity index (χ1) is 12.9. The van der Waals surface area contributed by atoms with Gasteiger partial charge >= 0.3 is 5.97 Å². The molecule has 1 aliphatic rings. The Morgan fingerprint density at radius 2 is 2.07 bits per heavy atom. The molecule has 1 aliphatic heterocycles. The van der Waals surface area contributed by atoms with Gasteiger partial charge in [0.15, 0.2) is 5.43 Å². The van der Waals surface area contributed by atoms with Gasteiger partial charge in [0.2, 0.25) is 0 Å². The number of nitrogens with zero attached hydrogens (tertiary/aromatic N) is 1. The second kappa shape index (κ2) is 7.84. The van der Waals surface area contributed by atoms with Gasteiger partial charge in [0.05, 0.1) is 30.0 Å². The number of carbonyl (C=O) groups is 1. The number of ether oxygens (including phenoxy) is 2. The van der Waals surface area contributed by atoms with Crippen LogP contribution in [0, 0.1) is 5.92 Å². The number of halogens is 1. The van der Waals surface area contributed by atoms with E-state index in [9.17, 15) is 14.7 Å². The topological polar surface area (TPSA) is 77.8 Å². The van der Waals surface area contributed by atoms with E-state index in [1.807, 2.05) is 30.5 Å². The molecule has 27 heavy (non-hydrogen) atoms. The lowest BCUT2D eigenvalue weighted by atomic mass is 9.84. The van der Waals surface area contributed by atoms with Crippen LogP contribution in [0.5, 0.6) is 0 Å². The Bertz CT molecular complexity index is 921. The number of aromatic nitrogens is 1. The molecule has 1 N–H and O–H groups in total. The van der Waals surface area contributed by atoms with Crippen molar-refractivity contribution in [3.05, 3.63) is 56.8 Å². The van der Waals surface area contributed by atoms with Gasteiger partial charge in [0.1, 0.15) is 11.7 Å². The van der Waals surface area contributed by atoms with Crippen molar-refractivity contribution < 1.29 is 19.4 Å². The minimum atomic E-state index is -1.25. The first kappa shape index (κ1) is 19.6. The predicted molar refractivity (Wildman–Crippen MR) is 103 cm³/mol. The lowest BCUT2D eigenvalue weighted by molar-refractivity contribution is -0.0237. The Morgan fingerprint density at radius 3 is 2.70 bits per heavy atom. The maximum absolute atomic E-state index is 12.3. The molecule has 6 nitrogen and oxygen atoms in total. The Balaban J connectivity index is 2.27. The summed E-state index contributed by atoms with van der Waals surface area (Å²) in [5, 5.41) is 9.89. The zero-order chi connectivity index (χ0) is 19.7. The van der Waals surface area contributed by atoms with Gasteiger partial charge in [-0.1, -0.05) is 37.6 Å². The highest BCUT2D eigenvalue weighted by molar-refractivity contribution is 6.33. The van der Waals surface area contributed by atoms with Crippen molar-refractivity contribution in [3.63, 3.8) is 0 Å². The van der Waals surface area contributed by atoms with Crippen LogP contribution in [0.15, 0.2) is 35.3 Å². The van der Waals surface area contributed by atoms with Gasteiger partial charge in [-0.3, -0.25) is 4.79 Å². The lowest BCUT2D eigenvalue weighted by Crippen LogP contribution is -2.33. The van der Waals surface area contributed by atoms with E-state index >= 15 is 0 Å². The largest absolute Gasteiger partial charge is 0.477 e. The van der Waals surface area contributed by atoms with Crippen molar-refractivity contribution in [2.24, 2.45) is 5.92 Å². The molecule has 1 aromatic heterocycles. The van der Waals surface area contributed by atoms with E-state index in [1.165, 1.54) is 12.3 Å². The number of fused-ring (bicyclic) bond motifs is 3.